The lowest BCUT2D eigenvalue weighted by Gasteiger charge is -2.33. The van der Waals surface area contributed by atoms with E-state index in [4.69, 9.17) is 0 Å². The van der Waals surface area contributed by atoms with Gasteiger partial charge in [-0.1, -0.05) is 0 Å². The lowest BCUT2D eigenvalue weighted by Crippen LogP contribution is -2.46. The lowest BCUT2D eigenvalue weighted by atomic mass is 10.00. The number of carbonyl (C=O) groups excluding carboxylic acids is 1. The summed E-state index contributed by atoms with van der Waals surface area (Å²) >= 11 is 1.56. The second-order valence-corrected chi connectivity index (χ2v) is 4.91. The zero-order chi connectivity index (χ0) is 12.4. The number of hydrogen-bond donors (Lipinski definition) is 2. The van der Waals surface area contributed by atoms with E-state index in [1.54, 1.807) is 24.5 Å². The van der Waals surface area contributed by atoms with Crippen LogP contribution in [0.15, 0.2) is 11.4 Å². The minimum absolute atomic E-state index is 0.170. The first-order valence-corrected chi connectivity index (χ1v) is 6.26. The third kappa shape index (κ3) is 2.18. The third-order valence-electron chi connectivity index (χ3n) is 2.85. The normalized spacial score (nSPS) is 18.9. The van der Waals surface area contributed by atoms with Gasteiger partial charge in [0.25, 0.3) is 0 Å². The summed E-state index contributed by atoms with van der Waals surface area (Å²) in [4.78, 5) is 25.7. The SMILES string of the molecule is CNCC(=O)N1CCc2sccc2C1C(=O)O. The Morgan fingerprint density at radius 2 is 2.41 bits per heavy atom. The summed E-state index contributed by atoms with van der Waals surface area (Å²) in [6.45, 7) is 0.647. The fraction of sp³-hybridized carbons (Fsp3) is 0.455. The number of thiophene rings is 1. The highest BCUT2D eigenvalue weighted by Crippen LogP contribution is 2.33. The van der Waals surface area contributed by atoms with E-state index in [0.717, 1.165) is 16.9 Å². The predicted molar refractivity (Wildman–Crippen MR) is 64.0 cm³/mol. The maximum Gasteiger partial charge on any atom is 0.331 e. The zero-order valence-corrected chi connectivity index (χ0v) is 10.3. The molecule has 1 aliphatic heterocycles. The van der Waals surface area contributed by atoms with Crippen molar-refractivity contribution in [1.29, 1.82) is 0 Å². The van der Waals surface area contributed by atoms with Gasteiger partial charge in [-0.2, -0.15) is 0 Å². The van der Waals surface area contributed by atoms with Gasteiger partial charge in [0.1, 0.15) is 0 Å². The van der Waals surface area contributed by atoms with Crippen molar-refractivity contribution in [3.63, 3.8) is 0 Å². The summed E-state index contributed by atoms with van der Waals surface area (Å²) in [5.74, 6) is -1.13. The molecule has 1 amide bonds. The van der Waals surface area contributed by atoms with Gasteiger partial charge in [-0.05, 0) is 30.5 Å². The molecule has 1 atom stereocenters. The van der Waals surface area contributed by atoms with Gasteiger partial charge in [0, 0.05) is 11.4 Å². The largest absolute Gasteiger partial charge is 0.479 e. The molecule has 6 heteroatoms. The van der Waals surface area contributed by atoms with Gasteiger partial charge in [-0.3, -0.25) is 4.79 Å². The number of rotatable bonds is 3. The number of fused-ring (bicyclic) bond motifs is 1. The maximum absolute atomic E-state index is 11.8. The van der Waals surface area contributed by atoms with Gasteiger partial charge >= 0.3 is 5.97 Å². The molecule has 2 rings (SSSR count). The summed E-state index contributed by atoms with van der Waals surface area (Å²) in [5, 5.41) is 13.9. The monoisotopic (exact) mass is 254 g/mol. The molecule has 17 heavy (non-hydrogen) atoms. The molecule has 5 nitrogen and oxygen atoms in total. The fourth-order valence-corrected chi connectivity index (χ4v) is 3.01. The third-order valence-corrected chi connectivity index (χ3v) is 3.84. The number of nitrogens with one attached hydrogen (secondary N) is 1. The van der Waals surface area contributed by atoms with Crippen molar-refractivity contribution in [2.24, 2.45) is 0 Å². The van der Waals surface area contributed by atoms with E-state index in [1.165, 1.54) is 4.90 Å². The minimum atomic E-state index is -0.964. The topological polar surface area (TPSA) is 69.6 Å². The number of carboxylic acids is 1. The number of aliphatic carboxylic acids is 1. The first-order chi connectivity index (χ1) is 8.15. The summed E-state index contributed by atoms with van der Waals surface area (Å²) in [6.07, 6.45) is 0.742. The quantitative estimate of drug-likeness (QED) is 0.823. The average Bonchev–Trinajstić information content (AvgIpc) is 2.75. The van der Waals surface area contributed by atoms with E-state index >= 15 is 0 Å². The second-order valence-electron chi connectivity index (χ2n) is 3.91. The number of carboxylic acid groups (broad SMARTS) is 1. The lowest BCUT2D eigenvalue weighted by molar-refractivity contribution is -0.150. The molecule has 1 aliphatic rings. The van der Waals surface area contributed by atoms with Gasteiger partial charge < -0.3 is 15.3 Å². The number of carbonyl (C=O) groups is 2. The van der Waals surface area contributed by atoms with E-state index < -0.39 is 12.0 Å². The Labute approximate surface area is 103 Å². The Balaban J connectivity index is 2.30. The molecule has 0 aliphatic carbocycles. The van der Waals surface area contributed by atoms with Crippen LogP contribution in [0.3, 0.4) is 0 Å². The smallest absolute Gasteiger partial charge is 0.331 e. The highest BCUT2D eigenvalue weighted by Gasteiger charge is 2.36. The minimum Gasteiger partial charge on any atom is -0.479 e. The van der Waals surface area contributed by atoms with Gasteiger partial charge in [0.15, 0.2) is 6.04 Å². The van der Waals surface area contributed by atoms with Crippen LogP contribution in [0.1, 0.15) is 16.5 Å². The molecule has 92 valence electrons. The number of hydrogen-bond acceptors (Lipinski definition) is 4. The molecule has 1 aromatic rings. The Hall–Kier alpha value is -1.40. The number of likely N-dealkylation sites (N-methyl/N-ethyl adjacent to an activating group) is 1. The van der Waals surface area contributed by atoms with Gasteiger partial charge in [-0.15, -0.1) is 11.3 Å². The average molecular weight is 254 g/mol. The van der Waals surface area contributed by atoms with Gasteiger partial charge in [0.05, 0.1) is 6.54 Å². The van der Waals surface area contributed by atoms with E-state index in [-0.39, 0.29) is 12.5 Å². The van der Waals surface area contributed by atoms with Crippen molar-refractivity contribution >= 4 is 23.2 Å². The maximum atomic E-state index is 11.8. The van der Waals surface area contributed by atoms with Crippen molar-refractivity contribution in [3.05, 3.63) is 21.9 Å². The van der Waals surface area contributed by atoms with Crippen LogP contribution >= 0.6 is 11.3 Å². The summed E-state index contributed by atoms with van der Waals surface area (Å²) in [5.41, 5.74) is 0.762. The highest BCUT2D eigenvalue weighted by molar-refractivity contribution is 7.10. The van der Waals surface area contributed by atoms with Crippen LogP contribution in [-0.4, -0.2) is 42.0 Å². The van der Waals surface area contributed by atoms with Crippen LogP contribution in [0.2, 0.25) is 0 Å². The Morgan fingerprint density at radius 1 is 1.65 bits per heavy atom. The predicted octanol–water partition coefficient (Wildman–Crippen LogP) is 0.478. The van der Waals surface area contributed by atoms with Crippen LogP contribution in [0.4, 0.5) is 0 Å². The van der Waals surface area contributed by atoms with Gasteiger partial charge in [-0.25, -0.2) is 4.79 Å². The molecule has 1 unspecified atom stereocenters. The standard InChI is InChI=1S/C11H14N2O3S/c1-12-6-9(14)13-4-2-8-7(3-5-17-8)10(13)11(15)16/h3,5,10,12H,2,4,6H2,1H3,(H,15,16). The van der Waals surface area contributed by atoms with Crippen LogP contribution in [0, 0.1) is 0 Å². The highest BCUT2D eigenvalue weighted by atomic mass is 32.1. The molecule has 2 N–H and O–H groups in total. The zero-order valence-electron chi connectivity index (χ0n) is 9.47. The van der Waals surface area contributed by atoms with E-state index in [9.17, 15) is 14.7 Å². The molecule has 0 saturated heterocycles. The molecule has 2 heterocycles. The molecule has 0 bridgehead atoms. The summed E-state index contributed by atoms with van der Waals surface area (Å²) < 4.78 is 0. The van der Waals surface area contributed by atoms with E-state index in [0.29, 0.717) is 6.54 Å². The Bertz CT molecular complexity index is 444. The molecule has 0 saturated carbocycles. The van der Waals surface area contributed by atoms with Crippen LogP contribution in [0.5, 0.6) is 0 Å². The van der Waals surface area contributed by atoms with Crippen molar-refractivity contribution in [2.45, 2.75) is 12.5 Å². The van der Waals surface area contributed by atoms with E-state index in [1.807, 2.05) is 5.38 Å². The van der Waals surface area contributed by atoms with Gasteiger partial charge in [0.2, 0.25) is 5.91 Å². The molecule has 0 fully saturated rings. The molecular formula is C11H14N2O3S. The van der Waals surface area contributed by atoms with Crippen molar-refractivity contribution in [1.82, 2.24) is 10.2 Å². The van der Waals surface area contributed by atoms with Crippen LogP contribution in [-0.2, 0) is 16.0 Å². The van der Waals surface area contributed by atoms with Crippen LogP contribution < -0.4 is 5.32 Å². The van der Waals surface area contributed by atoms with E-state index in [2.05, 4.69) is 5.32 Å². The Morgan fingerprint density at radius 3 is 3.06 bits per heavy atom. The summed E-state index contributed by atoms with van der Waals surface area (Å²) in [6, 6.07) is 0.975. The van der Waals surface area contributed by atoms with Crippen molar-refractivity contribution in [3.8, 4) is 0 Å². The first-order valence-electron chi connectivity index (χ1n) is 5.38. The molecule has 1 aromatic heterocycles. The second kappa shape index (κ2) is 4.85. The molecule has 0 spiro atoms. The molecule has 0 aromatic carbocycles. The first kappa shape index (κ1) is 12.1. The molecule has 0 radical (unpaired) electrons. The summed E-state index contributed by atoms with van der Waals surface area (Å²) in [7, 11) is 1.67. The fourth-order valence-electron chi connectivity index (χ4n) is 2.10. The number of nitrogens with zero attached hydrogens (tertiary/aromatic N) is 1. The van der Waals surface area contributed by atoms with Crippen molar-refractivity contribution in [2.75, 3.05) is 20.1 Å². The van der Waals surface area contributed by atoms with Crippen LogP contribution in [0.25, 0.3) is 0 Å². The molecular weight excluding hydrogens is 240 g/mol. The van der Waals surface area contributed by atoms with Crippen molar-refractivity contribution < 1.29 is 14.7 Å². The number of amides is 1. The Kier molecular flexibility index (Phi) is 3.44.